The fraction of sp³-hybridized carbons (Fsp3) is 0.714. The zero-order valence-electron chi connectivity index (χ0n) is 7.81. The molecule has 0 atom stereocenters. The first-order valence-corrected chi connectivity index (χ1v) is 4.17. The van der Waals surface area contributed by atoms with Crippen LogP contribution in [0.2, 0.25) is 0 Å². The Hall–Kier alpha value is -1.01. The van der Waals surface area contributed by atoms with Crippen LogP contribution in [-0.2, 0) is 4.79 Å². The van der Waals surface area contributed by atoms with Crippen molar-refractivity contribution in [2.45, 2.75) is 0 Å². The Bertz CT molecular complexity index is 216. The maximum atomic E-state index is 11.1. The summed E-state index contributed by atoms with van der Waals surface area (Å²) < 4.78 is 0. The minimum Gasteiger partial charge on any atom is -0.351 e. The molecule has 1 rings (SSSR count). The first-order chi connectivity index (χ1) is 6.15. The van der Waals surface area contributed by atoms with Crippen molar-refractivity contribution in [2.75, 3.05) is 32.7 Å². The third-order valence-electron chi connectivity index (χ3n) is 2.12. The van der Waals surface area contributed by atoms with E-state index in [1.807, 2.05) is 0 Å². The molecule has 4 N–H and O–H groups in total. The number of primary amides is 1. The van der Waals surface area contributed by atoms with Crippen LogP contribution < -0.4 is 11.5 Å². The molecule has 0 radical (unpaired) electrons. The normalized spacial score (nSPS) is 16.1. The number of hydrogen-bond donors (Lipinski definition) is 2. The van der Waals surface area contributed by atoms with Crippen LogP contribution in [0.1, 0.15) is 0 Å². The van der Waals surface area contributed by atoms with Gasteiger partial charge in [-0.05, 0) is 0 Å². The minimum atomic E-state index is -0.431. The fourth-order valence-corrected chi connectivity index (χ4v) is 1.31. The van der Waals surface area contributed by atoms with Gasteiger partial charge in [-0.3, -0.25) is 4.79 Å². The van der Waals surface area contributed by atoms with E-state index >= 15 is 0 Å². The molecular formula is C7H15ClN4O2. The molecule has 1 aliphatic heterocycles. The van der Waals surface area contributed by atoms with Crippen LogP contribution in [-0.4, -0.2) is 54.5 Å². The molecule has 0 spiro atoms. The van der Waals surface area contributed by atoms with E-state index in [4.69, 9.17) is 11.5 Å². The first kappa shape index (κ1) is 13.0. The third kappa shape index (κ3) is 3.04. The maximum absolute atomic E-state index is 11.1. The van der Waals surface area contributed by atoms with Gasteiger partial charge in [0.15, 0.2) is 0 Å². The van der Waals surface area contributed by atoms with E-state index < -0.39 is 6.03 Å². The van der Waals surface area contributed by atoms with Crippen molar-refractivity contribution in [3.05, 3.63) is 0 Å². The van der Waals surface area contributed by atoms with Crippen molar-refractivity contribution in [2.24, 2.45) is 11.5 Å². The van der Waals surface area contributed by atoms with Crippen molar-refractivity contribution in [3.8, 4) is 0 Å². The van der Waals surface area contributed by atoms with Crippen LogP contribution >= 0.6 is 12.4 Å². The molecule has 82 valence electrons. The summed E-state index contributed by atoms with van der Waals surface area (Å²) in [6.07, 6.45) is 0. The predicted octanol–water partition coefficient (Wildman–Crippen LogP) is -1.41. The topological polar surface area (TPSA) is 92.7 Å². The van der Waals surface area contributed by atoms with Gasteiger partial charge in [-0.15, -0.1) is 12.4 Å². The lowest BCUT2D eigenvalue weighted by Crippen LogP contribution is -2.53. The molecule has 0 unspecified atom stereocenters. The summed E-state index contributed by atoms with van der Waals surface area (Å²) in [5.74, 6) is -0.0795. The quantitative estimate of drug-likeness (QED) is 0.571. The van der Waals surface area contributed by atoms with Crippen LogP contribution in [0.25, 0.3) is 0 Å². The smallest absolute Gasteiger partial charge is 0.314 e. The van der Waals surface area contributed by atoms with Gasteiger partial charge in [-0.1, -0.05) is 0 Å². The average Bonchev–Trinajstić information content (AvgIpc) is 2.17. The highest BCUT2D eigenvalue weighted by molar-refractivity contribution is 5.85. The summed E-state index contributed by atoms with van der Waals surface area (Å²) in [6.45, 7) is 2.08. The Balaban J connectivity index is 0.00000169. The van der Waals surface area contributed by atoms with Crippen LogP contribution in [0.4, 0.5) is 4.79 Å². The SMILES string of the molecule is Cl.NCC(=O)N1CCN(C(N)=O)CC1. The highest BCUT2D eigenvalue weighted by Crippen LogP contribution is 2.00. The number of amides is 3. The van der Waals surface area contributed by atoms with E-state index in [0.717, 1.165) is 0 Å². The largest absolute Gasteiger partial charge is 0.351 e. The van der Waals surface area contributed by atoms with Crippen molar-refractivity contribution >= 4 is 24.3 Å². The second-order valence-electron chi connectivity index (χ2n) is 2.91. The lowest BCUT2D eigenvalue weighted by molar-refractivity contribution is -0.131. The molecule has 14 heavy (non-hydrogen) atoms. The number of hydrogen-bond acceptors (Lipinski definition) is 3. The number of rotatable bonds is 1. The van der Waals surface area contributed by atoms with Gasteiger partial charge in [0.1, 0.15) is 0 Å². The van der Waals surface area contributed by atoms with Crippen molar-refractivity contribution in [3.63, 3.8) is 0 Å². The Labute approximate surface area is 88.6 Å². The van der Waals surface area contributed by atoms with Crippen molar-refractivity contribution in [1.29, 1.82) is 0 Å². The van der Waals surface area contributed by atoms with Crippen molar-refractivity contribution in [1.82, 2.24) is 9.80 Å². The van der Waals surface area contributed by atoms with Crippen LogP contribution in [0.15, 0.2) is 0 Å². The molecule has 1 fully saturated rings. The summed E-state index contributed by atoms with van der Waals surface area (Å²) >= 11 is 0. The molecule has 3 amide bonds. The van der Waals surface area contributed by atoms with Gasteiger partial charge in [0, 0.05) is 26.2 Å². The molecule has 0 aromatic rings. The second-order valence-corrected chi connectivity index (χ2v) is 2.91. The van der Waals surface area contributed by atoms with E-state index in [9.17, 15) is 9.59 Å². The standard InChI is InChI=1S/C7H14N4O2.ClH/c8-5-6(12)10-1-3-11(4-2-10)7(9)13;/h1-5,8H2,(H2,9,13);1H. The highest BCUT2D eigenvalue weighted by Gasteiger charge is 2.21. The van der Waals surface area contributed by atoms with Crippen LogP contribution in [0.5, 0.6) is 0 Å². The minimum absolute atomic E-state index is 0. The number of piperazine rings is 1. The number of nitrogens with two attached hydrogens (primary N) is 2. The molecular weight excluding hydrogens is 208 g/mol. The number of nitrogens with zero attached hydrogens (tertiary/aromatic N) is 2. The first-order valence-electron chi connectivity index (χ1n) is 4.17. The molecule has 0 bridgehead atoms. The maximum Gasteiger partial charge on any atom is 0.314 e. The van der Waals surface area contributed by atoms with E-state index in [0.29, 0.717) is 26.2 Å². The lowest BCUT2D eigenvalue weighted by Gasteiger charge is -2.33. The van der Waals surface area contributed by atoms with Gasteiger partial charge in [0.25, 0.3) is 0 Å². The number of urea groups is 1. The van der Waals surface area contributed by atoms with Gasteiger partial charge in [0.2, 0.25) is 5.91 Å². The van der Waals surface area contributed by atoms with E-state index in [2.05, 4.69) is 0 Å². The molecule has 1 aliphatic rings. The summed E-state index contributed by atoms with van der Waals surface area (Å²) in [5.41, 5.74) is 10.3. The van der Waals surface area contributed by atoms with Gasteiger partial charge >= 0.3 is 6.03 Å². The van der Waals surface area contributed by atoms with E-state index in [1.165, 1.54) is 4.90 Å². The number of halogens is 1. The molecule has 0 saturated carbocycles. The van der Waals surface area contributed by atoms with Crippen molar-refractivity contribution < 1.29 is 9.59 Å². The molecule has 1 heterocycles. The predicted molar refractivity (Wildman–Crippen MR) is 54.0 cm³/mol. The second kappa shape index (κ2) is 5.66. The highest BCUT2D eigenvalue weighted by atomic mass is 35.5. The van der Waals surface area contributed by atoms with E-state index in [-0.39, 0.29) is 24.9 Å². The lowest BCUT2D eigenvalue weighted by atomic mass is 10.3. The Morgan fingerprint density at radius 3 is 1.86 bits per heavy atom. The third-order valence-corrected chi connectivity index (χ3v) is 2.12. The molecule has 0 aromatic carbocycles. The van der Waals surface area contributed by atoms with Crippen LogP contribution in [0, 0.1) is 0 Å². The monoisotopic (exact) mass is 222 g/mol. The molecule has 1 saturated heterocycles. The molecule has 0 aliphatic carbocycles. The average molecular weight is 223 g/mol. The zero-order valence-corrected chi connectivity index (χ0v) is 8.63. The Kier molecular flexibility index (Phi) is 5.26. The Morgan fingerprint density at radius 1 is 1.07 bits per heavy atom. The summed E-state index contributed by atoms with van der Waals surface area (Å²) in [5, 5.41) is 0. The van der Waals surface area contributed by atoms with E-state index in [1.54, 1.807) is 4.90 Å². The Morgan fingerprint density at radius 2 is 1.50 bits per heavy atom. The summed E-state index contributed by atoms with van der Waals surface area (Å²) in [4.78, 5) is 25.0. The molecule has 0 aromatic heterocycles. The summed E-state index contributed by atoms with van der Waals surface area (Å²) in [6, 6.07) is -0.431. The molecule has 6 nitrogen and oxygen atoms in total. The number of carbonyl (C=O) groups excluding carboxylic acids is 2. The summed E-state index contributed by atoms with van der Waals surface area (Å²) in [7, 11) is 0. The van der Waals surface area contributed by atoms with Gasteiger partial charge in [-0.25, -0.2) is 4.79 Å². The zero-order chi connectivity index (χ0) is 9.84. The van der Waals surface area contributed by atoms with Crippen LogP contribution in [0.3, 0.4) is 0 Å². The number of carbonyl (C=O) groups is 2. The fourth-order valence-electron chi connectivity index (χ4n) is 1.31. The van der Waals surface area contributed by atoms with Gasteiger partial charge < -0.3 is 21.3 Å². The van der Waals surface area contributed by atoms with Gasteiger partial charge in [-0.2, -0.15) is 0 Å². The van der Waals surface area contributed by atoms with Gasteiger partial charge in [0.05, 0.1) is 6.54 Å². The molecule has 7 heteroatoms.